The van der Waals surface area contributed by atoms with Gasteiger partial charge in [0.2, 0.25) is 0 Å². The topological polar surface area (TPSA) is 26.3 Å². The Morgan fingerprint density at radius 3 is 2.27 bits per heavy atom. The predicted octanol–water partition coefficient (Wildman–Crippen LogP) is 2.05. The molecule has 11 heavy (non-hydrogen) atoms. The Balaban J connectivity index is 2.76. The summed E-state index contributed by atoms with van der Waals surface area (Å²) >= 11 is 0. The number of ether oxygens (including phenoxy) is 1. The Labute approximate surface area is 67.2 Å². The Kier molecular flexibility index (Phi) is 2.03. The quantitative estimate of drug-likeness (QED) is 0.449. The summed E-state index contributed by atoms with van der Waals surface area (Å²) in [6, 6.07) is 0. The first-order valence-electron chi connectivity index (χ1n) is 4.04. The number of esters is 1. The van der Waals surface area contributed by atoms with Gasteiger partial charge in [-0.3, -0.25) is 0 Å². The largest absolute Gasteiger partial charge is 0.455 e. The first kappa shape index (κ1) is 8.31. The van der Waals surface area contributed by atoms with E-state index in [0.717, 1.165) is 12.8 Å². The lowest BCUT2D eigenvalue weighted by Crippen LogP contribution is -2.25. The number of hydrogen-bond donors (Lipinski definition) is 0. The molecule has 1 rings (SSSR count). The molecule has 1 fully saturated rings. The maximum Gasteiger partial charge on any atom is 0.334 e. The second-order valence-corrected chi connectivity index (χ2v) is 3.06. The molecule has 0 aromatic carbocycles. The van der Waals surface area contributed by atoms with Crippen LogP contribution < -0.4 is 0 Å². The highest BCUT2D eigenvalue weighted by atomic mass is 16.6. The Morgan fingerprint density at radius 2 is 2.09 bits per heavy atom. The summed E-state index contributed by atoms with van der Waals surface area (Å²) in [6.45, 7) is 7.73. The summed E-state index contributed by atoms with van der Waals surface area (Å²) < 4.78 is 5.22. The van der Waals surface area contributed by atoms with Gasteiger partial charge in [0.05, 0.1) is 0 Å². The van der Waals surface area contributed by atoms with Gasteiger partial charge in [-0.2, -0.15) is 0 Å². The van der Waals surface area contributed by atoms with Crippen molar-refractivity contribution >= 4 is 5.97 Å². The van der Waals surface area contributed by atoms with E-state index in [4.69, 9.17) is 4.74 Å². The van der Waals surface area contributed by atoms with Gasteiger partial charge >= 0.3 is 5.97 Å². The zero-order valence-corrected chi connectivity index (χ0v) is 7.14. The number of carbonyl (C=O) groups excluding carboxylic acids is 1. The highest BCUT2D eigenvalue weighted by molar-refractivity contribution is 5.90. The maximum atomic E-state index is 11.0. The Hall–Kier alpha value is -0.790. The van der Waals surface area contributed by atoms with Gasteiger partial charge in [0, 0.05) is 12.0 Å². The number of rotatable bonds is 2. The zero-order valence-electron chi connectivity index (χ0n) is 7.14. The molecule has 0 unspecified atom stereocenters. The molecule has 0 saturated carbocycles. The highest BCUT2D eigenvalue weighted by Crippen LogP contribution is 2.35. The van der Waals surface area contributed by atoms with Gasteiger partial charge in [0.25, 0.3) is 0 Å². The predicted molar refractivity (Wildman–Crippen MR) is 43.2 cm³/mol. The zero-order chi connectivity index (χ0) is 8.48. The van der Waals surface area contributed by atoms with Crippen molar-refractivity contribution in [1.82, 2.24) is 0 Å². The summed E-state index contributed by atoms with van der Waals surface area (Å²) in [4.78, 5) is 11.0. The molecule has 1 aliphatic heterocycles. The second-order valence-electron chi connectivity index (χ2n) is 3.06. The van der Waals surface area contributed by atoms with E-state index in [1.54, 1.807) is 0 Å². The summed E-state index contributed by atoms with van der Waals surface area (Å²) in [5.74, 6) is -0.214. The molecule has 2 nitrogen and oxygen atoms in total. The SMILES string of the molecule is C=C1CC(CC)(CC)OC1=O. The minimum Gasteiger partial charge on any atom is -0.455 e. The first-order chi connectivity index (χ1) is 5.13. The van der Waals surface area contributed by atoms with Gasteiger partial charge in [-0.05, 0) is 12.8 Å². The lowest BCUT2D eigenvalue weighted by atomic mass is 9.93. The van der Waals surface area contributed by atoms with Crippen LogP contribution in [0, 0.1) is 0 Å². The molecule has 0 atom stereocenters. The molecular formula is C9H14O2. The van der Waals surface area contributed by atoms with Crippen LogP contribution in [0.5, 0.6) is 0 Å². The van der Waals surface area contributed by atoms with Crippen LogP contribution in [0.2, 0.25) is 0 Å². The normalized spacial score (nSPS) is 22.0. The van der Waals surface area contributed by atoms with Crippen LogP contribution in [0.15, 0.2) is 12.2 Å². The molecule has 62 valence electrons. The van der Waals surface area contributed by atoms with Gasteiger partial charge in [0.1, 0.15) is 5.60 Å². The molecule has 0 N–H and O–H groups in total. The average Bonchev–Trinajstić information content (AvgIpc) is 2.29. The lowest BCUT2D eigenvalue weighted by Gasteiger charge is -2.23. The molecule has 0 aromatic heterocycles. The van der Waals surface area contributed by atoms with Gasteiger partial charge in [-0.15, -0.1) is 0 Å². The molecule has 1 saturated heterocycles. The molecule has 0 amide bonds. The highest BCUT2D eigenvalue weighted by Gasteiger charge is 2.39. The smallest absolute Gasteiger partial charge is 0.334 e. The molecule has 1 aliphatic rings. The van der Waals surface area contributed by atoms with Crippen molar-refractivity contribution in [3.8, 4) is 0 Å². The maximum absolute atomic E-state index is 11.0. The average molecular weight is 154 g/mol. The molecule has 0 spiro atoms. The summed E-state index contributed by atoms with van der Waals surface area (Å²) in [7, 11) is 0. The van der Waals surface area contributed by atoms with Gasteiger partial charge in [0.15, 0.2) is 0 Å². The summed E-state index contributed by atoms with van der Waals surface area (Å²) in [5.41, 5.74) is 0.391. The van der Waals surface area contributed by atoms with Crippen molar-refractivity contribution in [3.63, 3.8) is 0 Å². The minimum atomic E-state index is -0.228. The van der Waals surface area contributed by atoms with Crippen molar-refractivity contribution in [3.05, 3.63) is 12.2 Å². The van der Waals surface area contributed by atoms with Crippen molar-refractivity contribution in [2.45, 2.75) is 38.7 Å². The fraction of sp³-hybridized carbons (Fsp3) is 0.667. The molecule has 1 heterocycles. The molecule has 0 bridgehead atoms. The fourth-order valence-corrected chi connectivity index (χ4v) is 1.41. The number of cyclic esters (lactones) is 1. The van der Waals surface area contributed by atoms with Gasteiger partial charge in [-0.1, -0.05) is 20.4 Å². The van der Waals surface area contributed by atoms with Crippen LogP contribution in [0.3, 0.4) is 0 Å². The van der Waals surface area contributed by atoms with Crippen LogP contribution in [-0.2, 0) is 9.53 Å². The van der Waals surface area contributed by atoms with Crippen LogP contribution in [0.1, 0.15) is 33.1 Å². The molecule has 0 aliphatic carbocycles. The van der Waals surface area contributed by atoms with Crippen LogP contribution >= 0.6 is 0 Å². The van der Waals surface area contributed by atoms with Gasteiger partial charge in [-0.25, -0.2) is 4.79 Å². The first-order valence-corrected chi connectivity index (χ1v) is 4.04. The van der Waals surface area contributed by atoms with Crippen LogP contribution in [0.25, 0.3) is 0 Å². The van der Waals surface area contributed by atoms with E-state index >= 15 is 0 Å². The molecule has 0 aromatic rings. The number of hydrogen-bond acceptors (Lipinski definition) is 2. The van der Waals surface area contributed by atoms with Crippen LogP contribution in [0.4, 0.5) is 0 Å². The van der Waals surface area contributed by atoms with E-state index in [1.165, 1.54) is 0 Å². The second kappa shape index (κ2) is 2.68. The van der Waals surface area contributed by atoms with E-state index in [9.17, 15) is 4.79 Å². The van der Waals surface area contributed by atoms with E-state index in [-0.39, 0.29) is 11.6 Å². The van der Waals surface area contributed by atoms with Crippen molar-refractivity contribution < 1.29 is 9.53 Å². The van der Waals surface area contributed by atoms with E-state index in [0.29, 0.717) is 12.0 Å². The fourth-order valence-electron chi connectivity index (χ4n) is 1.41. The molecular weight excluding hydrogens is 140 g/mol. The van der Waals surface area contributed by atoms with E-state index < -0.39 is 0 Å². The lowest BCUT2D eigenvalue weighted by molar-refractivity contribution is -0.146. The van der Waals surface area contributed by atoms with Crippen molar-refractivity contribution in [2.75, 3.05) is 0 Å². The van der Waals surface area contributed by atoms with Crippen molar-refractivity contribution in [2.24, 2.45) is 0 Å². The number of carbonyl (C=O) groups is 1. The van der Waals surface area contributed by atoms with Gasteiger partial charge < -0.3 is 4.74 Å². The van der Waals surface area contributed by atoms with Crippen molar-refractivity contribution in [1.29, 1.82) is 0 Å². The third-order valence-electron chi connectivity index (χ3n) is 2.42. The standard InChI is InChI=1S/C9H14O2/c1-4-9(5-2)6-7(3)8(10)11-9/h3-6H2,1-2H3. The monoisotopic (exact) mass is 154 g/mol. The third-order valence-corrected chi connectivity index (χ3v) is 2.42. The Bertz CT molecular complexity index is 172. The van der Waals surface area contributed by atoms with E-state index in [2.05, 4.69) is 6.58 Å². The van der Waals surface area contributed by atoms with Crippen LogP contribution in [-0.4, -0.2) is 11.6 Å². The summed E-state index contributed by atoms with van der Waals surface area (Å²) in [6.07, 6.45) is 2.47. The molecule has 2 heteroatoms. The minimum absolute atomic E-state index is 0.214. The Morgan fingerprint density at radius 1 is 1.55 bits per heavy atom. The van der Waals surface area contributed by atoms with E-state index in [1.807, 2.05) is 13.8 Å². The third kappa shape index (κ3) is 1.30. The molecule has 0 radical (unpaired) electrons. The summed E-state index contributed by atoms with van der Waals surface area (Å²) in [5, 5.41) is 0.